The maximum absolute atomic E-state index is 10.8. The molecule has 0 aliphatic rings. The molecule has 28 heavy (non-hydrogen) atoms. The van der Waals surface area contributed by atoms with Crippen molar-refractivity contribution in [2.45, 2.75) is 19.9 Å². The van der Waals surface area contributed by atoms with Gasteiger partial charge in [0, 0.05) is 31.2 Å². The first kappa shape index (κ1) is 21.8. The fraction of sp³-hybridized carbons (Fsp3) is 0.333. The number of hydrogen-bond acceptors (Lipinski definition) is 3. The number of primary amides is 1. The third kappa shape index (κ3) is 7.60. The van der Waals surface area contributed by atoms with Crippen LogP contribution in [-0.4, -0.2) is 43.5 Å². The molecule has 6 nitrogen and oxygen atoms in total. The summed E-state index contributed by atoms with van der Waals surface area (Å²) in [5.74, 6) is 1.03. The van der Waals surface area contributed by atoms with E-state index in [1.54, 1.807) is 0 Å². The van der Waals surface area contributed by atoms with Gasteiger partial charge in [0.2, 0.25) is 0 Å². The summed E-state index contributed by atoms with van der Waals surface area (Å²) in [5.41, 5.74) is 7.46. The van der Waals surface area contributed by atoms with E-state index in [1.165, 1.54) is 5.56 Å². The van der Waals surface area contributed by atoms with Crippen LogP contribution < -0.4 is 15.8 Å². The first-order chi connectivity index (χ1) is 13.5. The Morgan fingerprint density at radius 2 is 1.79 bits per heavy atom. The summed E-state index contributed by atoms with van der Waals surface area (Å²) in [4.78, 5) is 17.6. The van der Waals surface area contributed by atoms with Crippen LogP contribution in [0, 0.1) is 0 Å². The summed E-state index contributed by atoms with van der Waals surface area (Å²) in [7, 11) is 2.04. The van der Waals surface area contributed by atoms with Gasteiger partial charge in [0.1, 0.15) is 5.75 Å². The monoisotopic (exact) mass is 446 g/mol. The number of carbonyl (C=O) groups is 1. The van der Waals surface area contributed by atoms with E-state index in [1.807, 2.05) is 43.4 Å². The van der Waals surface area contributed by atoms with E-state index < -0.39 is 5.91 Å². The fourth-order valence-electron chi connectivity index (χ4n) is 2.61. The highest BCUT2D eigenvalue weighted by molar-refractivity contribution is 9.10. The van der Waals surface area contributed by atoms with Gasteiger partial charge in [-0.05, 0) is 48.7 Å². The lowest BCUT2D eigenvalue weighted by molar-refractivity contribution is -0.119. The molecule has 0 aliphatic carbocycles. The number of halogens is 1. The molecule has 2 aromatic rings. The van der Waals surface area contributed by atoms with Crippen molar-refractivity contribution in [1.82, 2.24) is 10.2 Å². The van der Waals surface area contributed by atoms with Gasteiger partial charge in [0.15, 0.2) is 12.6 Å². The zero-order chi connectivity index (χ0) is 20.4. The van der Waals surface area contributed by atoms with Gasteiger partial charge in [0.25, 0.3) is 5.91 Å². The number of carbonyl (C=O) groups excluding carboxylic acids is 1. The van der Waals surface area contributed by atoms with Gasteiger partial charge in [-0.25, -0.2) is 0 Å². The smallest absolute Gasteiger partial charge is 0.255 e. The predicted molar refractivity (Wildman–Crippen MR) is 116 cm³/mol. The highest BCUT2D eigenvalue weighted by Gasteiger charge is 2.06. The van der Waals surface area contributed by atoms with Crippen LogP contribution in [0.25, 0.3) is 0 Å². The average molecular weight is 447 g/mol. The molecule has 0 unspecified atom stereocenters. The highest BCUT2D eigenvalue weighted by Crippen LogP contribution is 2.13. The lowest BCUT2D eigenvalue weighted by Gasteiger charge is -2.22. The maximum Gasteiger partial charge on any atom is 0.255 e. The molecule has 150 valence electrons. The number of nitrogens with zero attached hydrogens (tertiary/aromatic N) is 2. The first-order valence-electron chi connectivity index (χ1n) is 9.22. The minimum absolute atomic E-state index is 0.111. The number of aliphatic imine (C=N–C) groups is 1. The predicted octanol–water partition coefficient (Wildman–Crippen LogP) is 2.95. The molecule has 0 aromatic heterocycles. The number of benzene rings is 2. The summed E-state index contributed by atoms with van der Waals surface area (Å²) in [6.07, 6.45) is 0.817. The molecule has 2 rings (SSSR count). The van der Waals surface area contributed by atoms with Crippen LogP contribution in [0.3, 0.4) is 0 Å². The second-order valence-electron chi connectivity index (χ2n) is 6.37. The normalized spacial score (nSPS) is 11.2. The summed E-state index contributed by atoms with van der Waals surface area (Å²) in [5, 5.41) is 3.34. The molecule has 0 saturated heterocycles. The molecule has 0 atom stereocenters. The van der Waals surface area contributed by atoms with Gasteiger partial charge < -0.3 is 20.7 Å². The van der Waals surface area contributed by atoms with E-state index in [0.717, 1.165) is 35.5 Å². The van der Waals surface area contributed by atoms with E-state index in [0.29, 0.717) is 12.3 Å². The van der Waals surface area contributed by atoms with Crippen molar-refractivity contribution in [1.29, 1.82) is 0 Å². The minimum atomic E-state index is -0.485. The summed E-state index contributed by atoms with van der Waals surface area (Å²) < 4.78 is 6.35. The molecule has 1 amide bonds. The number of ether oxygens (including phenoxy) is 1. The van der Waals surface area contributed by atoms with Crippen LogP contribution in [0.4, 0.5) is 0 Å². The Bertz CT molecular complexity index is 776. The van der Waals surface area contributed by atoms with Crippen LogP contribution in [0.15, 0.2) is 58.0 Å². The second kappa shape index (κ2) is 11.3. The molecule has 0 radical (unpaired) electrons. The van der Waals surface area contributed by atoms with Crippen LogP contribution >= 0.6 is 15.9 Å². The number of hydrogen-bond donors (Lipinski definition) is 2. The number of rotatable bonds is 9. The Kier molecular flexibility index (Phi) is 8.81. The number of amides is 1. The Hall–Kier alpha value is -2.54. The second-order valence-corrected chi connectivity index (χ2v) is 7.28. The van der Waals surface area contributed by atoms with Gasteiger partial charge in [0.05, 0.1) is 0 Å². The number of nitrogens with two attached hydrogens (primary N) is 1. The molecule has 0 aliphatic heterocycles. The van der Waals surface area contributed by atoms with Crippen molar-refractivity contribution in [3.05, 3.63) is 64.1 Å². The van der Waals surface area contributed by atoms with Gasteiger partial charge in [-0.15, -0.1) is 0 Å². The standard InChI is InChI=1S/C21H27BrN4O2/c1-3-24-21(26(2)14-17-4-8-18(22)9-5-17)25-13-12-16-6-10-19(11-7-16)28-15-20(23)27/h4-11H,3,12-15H2,1-2H3,(H2,23,27)(H,24,25). The Labute approximate surface area is 174 Å². The number of guanidine groups is 1. The molecule has 0 heterocycles. The van der Waals surface area contributed by atoms with Gasteiger partial charge in [-0.2, -0.15) is 0 Å². The minimum Gasteiger partial charge on any atom is -0.484 e. The quantitative estimate of drug-likeness (QED) is 0.458. The van der Waals surface area contributed by atoms with Crippen molar-refractivity contribution in [3.63, 3.8) is 0 Å². The topological polar surface area (TPSA) is 80.0 Å². The Balaban J connectivity index is 1.90. The third-order valence-corrected chi connectivity index (χ3v) is 4.52. The third-order valence-electron chi connectivity index (χ3n) is 4.00. The summed E-state index contributed by atoms with van der Waals surface area (Å²) in [6.45, 7) is 4.23. The fourth-order valence-corrected chi connectivity index (χ4v) is 2.87. The van der Waals surface area contributed by atoms with Crippen molar-refractivity contribution in [3.8, 4) is 5.75 Å². The molecule has 2 aromatic carbocycles. The van der Waals surface area contributed by atoms with Gasteiger partial charge in [-0.1, -0.05) is 40.2 Å². The lowest BCUT2D eigenvalue weighted by atomic mass is 10.1. The lowest BCUT2D eigenvalue weighted by Crippen LogP contribution is -2.38. The molecule has 7 heteroatoms. The molecular formula is C21H27BrN4O2. The Morgan fingerprint density at radius 1 is 1.14 bits per heavy atom. The molecule has 0 saturated carbocycles. The molecule has 0 spiro atoms. The summed E-state index contributed by atoms with van der Waals surface area (Å²) >= 11 is 3.46. The van der Waals surface area contributed by atoms with E-state index in [-0.39, 0.29) is 6.61 Å². The highest BCUT2D eigenvalue weighted by atomic mass is 79.9. The maximum atomic E-state index is 10.8. The van der Waals surface area contributed by atoms with Crippen molar-refractivity contribution in [2.24, 2.45) is 10.7 Å². The van der Waals surface area contributed by atoms with Gasteiger partial charge in [-0.3, -0.25) is 9.79 Å². The average Bonchev–Trinajstić information content (AvgIpc) is 2.68. The van der Waals surface area contributed by atoms with E-state index in [2.05, 4.69) is 45.2 Å². The first-order valence-corrected chi connectivity index (χ1v) is 10.0. The van der Waals surface area contributed by atoms with Crippen LogP contribution in [0.1, 0.15) is 18.1 Å². The van der Waals surface area contributed by atoms with Crippen molar-refractivity contribution >= 4 is 27.8 Å². The van der Waals surface area contributed by atoms with Crippen LogP contribution in [-0.2, 0) is 17.8 Å². The molecule has 0 bridgehead atoms. The summed E-state index contributed by atoms with van der Waals surface area (Å²) in [6, 6.07) is 15.9. The number of nitrogens with one attached hydrogen (secondary N) is 1. The van der Waals surface area contributed by atoms with E-state index in [9.17, 15) is 4.79 Å². The molecule has 0 fully saturated rings. The van der Waals surface area contributed by atoms with Crippen LogP contribution in [0.2, 0.25) is 0 Å². The molecular weight excluding hydrogens is 420 g/mol. The van der Waals surface area contributed by atoms with Gasteiger partial charge >= 0.3 is 0 Å². The van der Waals surface area contributed by atoms with E-state index >= 15 is 0 Å². The SMILES string of the molecule is CCNC(=NCCc1ccc(OCC(N)=O)cc1)N(C)Cc1ccc(Br)cc1. The largest absolute Gasteiger partial charge is 0.484 e. The van der Waals surface area contributed by atoms with Crippen molar-refractivity contribution in [2.75, 3.05) is 26.7 Å². The van der Waals surface area contributed by atoms with Crippen molar-refractivity contribution < 1.29 is 9.53 Å². The zero-order valence-corrected chi connectivity index (χ0v) is 17.9. The zero-order valence-electron chi connectivity index (χ0n) is 16.3. The molecule has 3 N–H and O–H groups in total. The Morgan fingerprint density at radius 3 is 2.39 bits per heavy atom. The van der Waals surface area contributed by atoms with E-state index in [4.69, 9.17) is 15.5 Å². The van der Waals surface area contributed by atoms with Crippen LogP contribution in [0.5, 0.6) is 5.75 Å².